The van der Waals surface area contributed by atoms with Crippen LogP contribution in [0.5, 0.6) is 0 Å². The third kappa shape index (κ3) is 4.06. The van der Waals surface area contributed by atoms with E-state index in [1.165, 1.54) is 12.2 Å². The molecule has 0 aromatic heterocycles. The Morgan fingerprint density at radius 3 is 2.54 bits per heavy atom. The molecule has 2 aliphatic carbocycles. The summed E-state index contributed by atoms with van der Waals surface area (Å²) in [5, 5.41) is 20.6. The molecule has 2 spiro atoms. The van der Waals surface area contributed by atoms with E-state index in [1.54, 1.807) is 32.1 Å². The van der Waals surface area contributed by atoms with Crippen LogP contribution in [0.3, 0.4) is 0 Å². The fourth-order valence-corrected chi connectivity index (χ4v) is 7.55. The first-order valence-electron chi connectivity index (χ1n) is 13.8. The van der Waals surface area contributed by atoms with Gasteiger partial charge in [0.15, 0.2) is 0 Å². The van der Waals surface area contributed by atoms with Crippen LogP contribution in [0.2, 0.25) is 0 Å². The molecule has 6 rings (SSSR count). The number of hydrogen-bond acceptors (Lipinski definition) is 10. The monoisotopic (exact) mass is 546 g/mol. The normalized spacial score (nSPS) is 53.0. The molecular weight excluding hydrogens is 508 g/mol. The third-order valence-corrected chi connectivity index (χ3v) is 10.3. The van der Waals surface area contributed by atoms with Crippen molar-refractivity contribution < 1.29 is 48.2 Å². The van der Waals surface area contributed by atoms with Gasteiger partial charge in [-0.05, 0) is 39.2 Å². The van der Waals surface area contributed by atoms with Gasteiger partial charge in [0.1, 0.15) is 30.5 Å². The van der Waals surface area contributed by atoms with Crippen LogP contribution in [0, 0.1) is 10.8 Å². The second-order valence-corrected chi connectivity index (χ2v) is 12.4. The van der Waals surface area contributed by atoms with Crippen LogP contribution in [0.25, 0.3) is 0 Å². The molecule has 214 valence electrons. The molecule has 11 atom stereocenters. The highest BCUT2D eigenvalue weighted by Crippen LogP contribution is 2.75. The summed E-state index contributed by atoms with van der Waals surface area (Å²) in [5.41, 5.74) is -1.91. The number of hydrogen-bond donors (Lipinski definition) is 2. The molecule has 4 aliphatic heterocycles. The van der Waals surface area contributed by atoms with Crippen LogP contribution in [0.1, 0.15) is 47.0 Å². The number of epoxide rings is 2. The molecule has 2 unspecified atom stereocenters. The Hall–Kier alpha value is -2.08. The Bertz CT molecular complexity index is 1120. The molecule has 6 aliphatic rings. The van der Waals surface area contributed by atoms with Gasteiger partial charge < -0.3 is 38.6 Å². The van der Waals surface area contributed by atoms with Gasteiger partial charge in [0, 0.05) is 24.0 Å². The molecule has 10 heteroatoms. The molecule has 0 aromatic carbocycles. The van der Waals surface area contributed by atoms with Crippen molar-refractivity contribution in [3.8, 4) is 0 Å². The lowest BCUT2D eigenvalue weighted by atomic mass is 9.50. The van der Waals surface area contributed by atoms with Gasteiger partial charge in [-0.25, -0.2) is 9.59 Å². The van der Waals surface area contributed by atoms with Crippen molar-refractivity contribution in [3.63, 3.8) is 0 Å². The maximum absolute atomic E-state index is 13.0. The lowest BCUT2D eigenvalue weighted by Crippen LogP contribution is -2.69. The predicted molar refractivity (Wildman–Crippen MR) is 135 cm³/mol. The van der Waals surface area contributed by atoms with Gasteiger partial charge in [0.2, 0.25) is 0 Å². The molecule has 39 heavy (non-hydrogen) atoms. The molecule has 5 fully saturated rings. The molecule has 2 saturated carbocycles. The highest BCUT2D eigenvalue weighted by Gasteiger charge is 2.86. The standard InChI is InChI=1S/C29H38O10/c1-16-11-23(33)35-14-28-10-9-26(3)24(39-26)25(28)38-21-12-20(27(28,4)29(21)15-36-29)37-22(32)8-6-5-7-19(17(2)30)34-13-18(16)31/h5-8,11,17-21,24-25,30-31H,9-10,12-15H2,1-4H3/b7-5+,8-6-,16-11+/t17-,18?,19+,20+,21+,24-,25+,26+,27+,28+,29?/m0/s1. The Balaban J connectivity index is 1.37. The topological polar surface area (TPSA) is 137 Å². The maximum Gasteiger partial charge on any atom is 0.331 e. The van der Waals surface area contributed by atoms with Crippen molar-refractivity contribution in [1.82, 2.24) is 0 Å². The highest BCUT2D eigenvalue weighted by atomic mass is 16.7. The van der Waals surface area contributed by atoms with Crippen LogP contribution in [-0.2, 0) is 38.0 Å². The summed E-state index contributed by atoms with van der Waals surface area (Å²) in [6.45, 7) is 7.74. The predicted octanol–water partition coefficient (Wildman–Crippen LogP) is 1.52. The molecule has 2 bridgehead atoms. The molecule has 3 saturated heterocycles. The number of carbonyl (C=O) groups excluding carboxylic acids is 2. The summed E-state index contributed by atoms with van der Waals surface area (Å²) in [6, 6.07) is 0. The third-order valence-electron chi connectivity index (χ3n) is 10.3. The average molecular weight is 547 g/mol. The Morgan fingerprint density at radius 2 is 1.82 bits per heavy atom. The molecule has 0 amide bonds. The van der Waals surface area contributed by atoms with E-state index in [2.05, 4.69) is 13.8 Å². The van der Waals surface area contributed by atoms with Gasteiger partial charge in [-0.3, -0.25) is 0 Å². The zero-order valence-electron chi connectivity index (χ0n) is 22.8. The Morgan fingerprint density at radius 1 is 1.05 bits per heavy atom. The van der Waals surface area contributed by atoms with Gasteiger partial charge in [-0.15, -0.1) is 0 Å². The van der Waals surface area contributed by atoms with E-state index in [9.17, 15) is 19.8 Å². The number of aliphatic hydroxyl groups is 2. The lowest BCUT2D eigenvalue weighted by Gasteiger charge is -2.58. The summed E-state index contributed by atoms with van der Waals surface area (Å²) >= 11 is 0. The molecule has 0 aromatic rings. The van der Waals surface area contributed by atoms with Gasteiger partial charge in [-0.1, -0.05) is 25.2 Å². The summed E-state index contributed by atoms with van der Waals surface area (Å²) in [5.74, 6) is -1.10. The van der Waals surface area contributed by atoms with E-state index in [4.69, 9.17) is 28.4 Å². The Kier molecular flexibility index (Phi) is 6.41. The minimum absolute atomic E-state index is 0.0356. The number of cyclic esters (lactones) is 1. The average Bonchev–Trinajstić information content (AvgIpc) is 3.79. The fraction of sp³-hybridized carbons (Fsp3) is 0.724. The lowest BCUT2D eigenvalue weighted by molar-refractivity contribution is -0.250. The molecular formula is C29H38O10. The van der Waals surface area contributed by atoms with Crippen molar-refractivity contribution in [2.45, 2.75) is 101 Å². The molecule has 4 heterocycles. The molecule has 2 N–H and O–H groups in total. The summed E-state index contributed by atoms with van der Waals surface area (Å²) in [4.78, 5) is 26.0. The van der Waals surface area contributed by atoms with Crippen LogP contribution in [0.15, 0.2) is 36.0 Å². The smallest absolute Gasteiger partial charge is 0.331 e. The van der Waals surface area contributed by atoms with Crippen LogP contribution in [0.4, 0.5) is 0 Å². The van der Waals surface area contributed by atoms with Crippen molar-refractivity contribution >= 4 is 11.9 Å². The first kappa shape index (κ1) is 27.1. The largest absolute Gasteiger partial charge is 0.462 e. The SMILES string of the molecule is C/C1=C\C(=O)OC[C@]23CC[C@@]4(C)O[C@H]4[C@H]2O[C@@H]2C[C@@H](OC(=O)/C=C\C=C\[C@H]([C@H](C)O)OCC1O)[C@@]3(C)C21CO1. The number of carbonyl (C=O) groups is 2. The number of aliphatic hydroxyl groups excluding tert-OH is 2. The summed E-state index contributed by atoms with van der Waals surface area (Å²) in [6.07, 6.45) is 5.28. The van der Waals surface area contributed by atoms with Crippen molar-refractivity contribution in [1.29, 1.82) is 0 Å². The number of esters is 2. The summed E-state index contributed by atoms with van der Waals surface area (Å²) in [7, 11) is 0. The minimum atomic E-state index is -1.07. The second kappa shape index (κ2) is 9.22. The van der Waals surface area contributed by atoms with Gasteiger partial charge in [0.05, 0.1) is 48.6 Å². The van der Waals surface area contributed by atoms with Crippen molar-refractivity contribution in [2.75, 3.05) is 19.8 Å². The number of allylic oxidation sites excluding steroid dienone is 2. The zero-order chi connectivity index (χ0) is 27.8. The van der Waals surface area contributed by atoms with Crippen molar-refractivity contribution in [2.24, 2.45) is 10.8 Å². The van der Waals surface area contributed by atoms with Crippen LogP contribution >= 0.6 is 0 Å². The maximum atomic E-state index is 13.0. The molecule has 10 nitrogen and oxygen atoms in total. The minimum Gasteiger partial charge on any atom is -0.462 e. The van der Waals surface area contributed by atoms with E-state index >= 15 is 0 Å². The zero-order valence-corrected chi connectivity index (χ0v) is 22.8. The van der Waals surface area contributed by atoms with Crippen LogP contribution in [-0.4, -0.2) is 95.9 Å². The van der Waals surface area contributed by atoms with E-state index in [1.807, 2.05) is 0 Å². The van der Waals surface area contributed by atoms with Gasteiger partial charge >= 0.3 is 11.9 Å². The van der Waals surface area contributed by atoms with Gasteiger partial charge in [0.25, 0.3) is 0 Å². The fourth-order valence-electron chi connectivity index (χ4n) is 7.55. The first-order chi connectivity index (χ1) is 18.5. The second-order valence-electron chi connectivity index (χ2n) is 12.4. The highest BCUT2D eigenvalue weighted by molar-refractivity contribution is 5.83. The number of fused-ring (bicyclic) bond motifs is 2. The Labute approximate surface area is 227 Å². The van der Waals surface area contributed by atoms with E-state index in [0.717, 1.165) is 6.42 Å². The quantitative estimate of drug-likeness (QED) is 0.368. The molecule has 0 radical (unpaired) electrons. The van der Waals surface area contributed by atoms with Crippen molar-refractivity contribution in [3.05, 3.63) is 36.0 Å². The number of ether oxygens (including phenoxy) is 6. The van der Waals surface area contributed by atoms with Crippen LogP contribution < -0.4 is 0 Å². The van der Waals surface area contributed by atoms with E-state index in [0.29, 0.717) is 25.0 Å². The number of rotatable bonds is 1. The van der Waals surface area contributed by atoms with E-state index in [-0.39, 0.29) is 37.1 Å². The first-order valence-corrected chi connectivity index (χ1v) is 13.8. The van der Waals surface area contributed by atoms with E-state index < -0.39 is 52.8 Å². The van der Waals surface area contributed by atoms with Gasteiger partial charge in [-0.2, -0.15) is 0 Å². The summed E-state index contributed by atoms with van der Waals surface area (Å²) < 4.78 is 36.7.